The number of aromatic amines is 2. The number of aromatic nitrogens is 4. The Kier molecular flexibility index (Phi) is 3.55. The number of rotatable bonds is 0. The first-order chi connectivity index (χ1) is 9.90. The van der Waals surface area contributed by atoms with Crippen molar-refractivity contribution in [1.29, 1.82) is 0 Å². The highest BCUT2D eigenvalue weighted by atomic mass is 14.7. The van der Waals surface area contributed by atoms with Crippen LogP contribution in [0.5, 0.6) is 0 Å². The molecule has 4 nitrogen and oxygen atoms in total. The van der Waals surface area contributed by atoms with Crippen LogP contribution < -0.4 is 0 Å². The first-order valence-corrected chi connectivity index (χ1v) is 6.34. The summed E-state index contributed by atoms with van der Waals surface area (Å²) in [6.07, 6.45) is 7.04. The minimum absolute atomic E-state index is 1.01. The van der Waals surface area contributed by atoms with Gasteiger partial charge < -0.3 is 9.97 Å². The van der Waals surface area contributed by atoms with E-state index in [0.29, 0.717) is 0 Å². The maximum absolute atomic E-state index is 4.21. The SMILES string of the molecule is c1cc2ccc(ccnccc3ccc(ccn1)[nH]3)[nH]2. The zero-order chi connectivity index (χ0) is 13.6. The summed E-state index contributed by atoms with van der Waals surface area (Å²) in [6, 6.07) is 15.7. The average molecular weight is 262 g/mol. The summed E-state index contributed by atoms with van der Waals surface area (Å²) in [6.45, 7) is 0. The summed E-state index contributed by atoms with van der Waals surface area (Å²) in [5, 5.41) is 0. The molecule has 98 valence electrons. The Hall–Kier alpha value is -2.88. The van der Waals surface area contributed by atoms with Gasteiger partial charge in [-0.05, 0) is 48.5 Å². The third kappa shape index (κ3) is 3.11. The van der Waals surface area contributed by atoms with E-state index in [1.165, 1.54) is 0 Å². The van der Waals surface area contributed by atoms with E-state index in [-0.39, 0.29) is 0 Å². The Morgan fingerprint density at radius 2 is 0.750 bits per heavy atom. The van der Waals surface area contributed by atoms with Crippen LogP contribution in [-0.2, 0) is 0 Å². The van der Waals surface area contributed by atoms with Crippen molar-refractivity contribution >= 4 is 22.1 Å². The molecular formula is C16H14N4. The fraction of sp³-hybridized carbons (Fsp3) is 0. The Morgan fingerprint density at radius 3 is 1.05 bits per heavy atom. The van der Waals surface area contributed by atoms with Crippen LogP contribution in [0, 0.1) is 0 Å². The molecule has 2 N–H and O–H groups in total. The zero-order valence-electron chi connectivity index (χ0n) is 10.8. The molecule has 3 aromatic heterocycles. The molecule has 0 atom stereocenters. The summed E-state index contributed by atoms with van der Waals surface area (Å²) in [7, 11) is 0. The molecule has 0 unspecified atom stereocenters. The first-order valence-electron chi connectivity index (χ1n) is 6.34. The summed E-state index contributed by atoms with van der Waals surface area (Å²) in [5.41, 5.74) is 4.02. The highest BCUT2D eigenvalue weighted by Gasteiger charge is 1.84. The second-order valence-corrected chi connectivity index (χ2v) is 4.30. The molecule has 0 amide bonds. The first kappa shape index (κ1) is 12.2. The van der Waals surface area contributed by atoms with Crippen LogP contribution in [0.4, 0.5) is 0 Å². The fourth-order valence-electron chi connectivity index (χ4n) is 1.84. The molecule has 0 saturated heterocycles. The van der Waals surface area contributed by atoms with Gasteiger partial charge in [0.1, 0.15) is 0 Å². The molecule has 0 aromatic carbocycles. The van der Waals surface area contributed by atoms with Gasteiger partial charge in [0.25, 0.3) is 0 Å². The summed E-state index contributed by atoms with van der Waals surface area (Å²) in [5.74, 6) is 0. The number of H-pyrrole nitrogens is 2. The average Bonchev–Trinajstić information content (AvgIpc) is 3.07. The molecular weight excluding hydrogens is 248 g/mol. The van der Waals surface area contributed by atoms with Gasteiger partial charge in [-0.25, -0.2) is 0 Å². The minimum Gasteiger partial charge on any atom is -0.355 e. The molecule has 4 bridgehead atoms. The maximum atomic E-state index is 4.21. The Labute approximate surface area is 116 Å². The number of fused-ring (bicyclic) bond motifs is 4. The van der Waals surface area contributed by atoms with Gasteiger partial charge in [0.05, 0.1) is 0 Å². The molecule has 3 rings (SSSR count). The van der Waals surface area contributed by atoms with E-state index in [2.05, 4.69) is 19.9 Å². The molecule has 0 aliphatic heterocycles. The van der Waals surface area contributed by atoms with Gasteiger partial charge in [-0.1, -0.05) is 0 Å². The molecule has 4 heteroatoms. The molecule has 3 aromatic rings. The Bertz CT molecular complexity index is 697. The Morgan fingerprint density at radius 1 is 0.450 bits per heavy atom. The lowest BCUT2D eigenvalue weighted by Crippen LogP contribution is -1.65. The number of nitrogens with one attached hydrogen (secondary N) is 2. The van der Waals surface area contributed by atoms with Crippen LogP contribution in [0.15, 0.2) is 73.3 Å². The van der Waals surface area contributed by atoms with Crippen molar-refractivity contribution in [3.05, 3.63) is 73.3 Å². The Balaban J connectivity index is 2.17. The van der Waals surface area contributed by atoms with E-state index in [4.69, 9.17) is 0 Å². The summed E-state index contributed by atoms with van der Waals surface area (Å²) in [4.78, 5) is 14.9. The lowest BCUT2D eigenvalue weighted by Gasteiger charge is -1.78. The van der Waals surface area contributed by atoms with E-state index in [1.807, 2.05) is 48.5 Å². The number of hydrogen-bond acceptors (Lipinski definition) is 2. The highest BCUT2D eigenvalue weighted by Crippen LogP contribution is 2.03. The van der Waals surface area contributed by atoms with Gasteiger partial charge >= 0.3 is 0 Å². The van der Waals surface area contributed by atoms with Crippen molar-refractivity contribution < 1.29 is 0 Å². The van der Waals surface area contributed by atoms with Crippen LogP contribution in [0.1, 0.15) is 0 Å². The zero-order valence-corrected chi connectivity index (χ0v) is 10.8. The molecule has 0 aliphatic carbocycles. The van der Waals surface area contributed by atoms with Crippen LogP contribution in [0.3, 0.4) is 0 Å². The van der Waals surface area contributed by atoms with E-state index in [9.17, 15) is 0 Å². The monoisotopic (exact) mass is 262 g/mol. The van der Waals surface area contributed by atoms with E-state index < -0.39 is 0 Å². The third-order valence-electron chi connectivity index (χ3n) is 2.82. The number of hydrogen-bond donors (Lipinski definition) is 2. The molecule has 0 aliphatic rings. The van der Waals surface area contributed by atoms with E-state index in [1.54, 1.807) is 24.8 Å². The van der Waals surface area contributed by atoms with Crippen LogP contribution in [0.25, 0.3) is 22.1 Å². The predicted molar refractivity (Wildman–Crippen MR) is 81.0 cm³/mol. The summed E-state index contributed by atoms with van der Waals surface area (Å²) >= 11 is 0. The molecule has 0 fully saturated rings. The molecule has 0 spiro atoms. The fourth-order valence-corrected chi connectivity index (χ4v) is 1.84. The van der Waals surface area contributed by atoms with Crippen molar-refractivity contribution in [3.63, 3.8) is 0 Å². The lowest BCUT2D eigenvalue weighted by molar-refractivity contribution is 1.34. The van der Waals surface area contributed by atoms with Crippen LogP contribution in [0.2, 0.25) is 0 Å². The topological polar surface area (TPSA) is 57.4 Å². The van der Waals surface area contributed by atoms with Gasteiger partial charge in [-0.15, -0.1) is 0 Å². The van der Waals surface area contributed by atoms with Gasteiger partial charge in [-0.3, -0.25) is 9.97 Å². The second kappa shape index (κ2) is 5.84. The van der Waals surface area contributed by atoms with Gasteiger partial charge in [0.15, 0.2) is 0 Å². The normalized spacial score (nSPS) is 10.0. The van der Waals surface area contributed by atoms with Crippen molar-refractivity contribution in [2.24, 2.45) is 0 Å². The smallest absolute Gasteiger partial charge is 0.0400 e. The van der Waals surface area contributed by atoms with Crippen LogP contribution >= 0.6 is 0 Å². The number of nitrogens with zero attached hydrogens (tertiary/aromatic N) is 2. The molecule has 0 radical (unpaired) electrons. The molecule has 20 heavy (non-hydrogen) atoms. The summed E-state index contributed by atoms with van der Waals surface area (Å²) < 4.78 is 0. The van der Waals surface area contributed by atoms with Gasteiger partial charge in [0.2, 0.25) is 0 Å². The third-order valence-corrected chi connectivity index (χ3v) is 2.82. The van der Waals surface area contributed by atoms with Crippen molar-refractivity contribution in [1.82, 2.24) is 19.9 Å². The van der Waals surface area contributed by atoms with Gasteiger partial charge in [-0.2, -0.15) is 0 Å². The molecule has 0 saturated carbocycles. The van der Waals surface area contributed by atoms with Crippen molar-refractivity contribution in [2.45, 2.75) is 0 Å². The largest absolute Gasteiger partial charge is 0.355 e. The van der Waals surface area contributed by atoms with Gasteiger partial charge in [0, 0.05) is 46.9 Å². The molecule has 3 heterocycles. The maximum Gasteiger partial charge on any atom is 0.0400 e. The van der Waals surface area contributed by atoms with Crippen LogP contribution in [-0.4, -0.2) is 19.9 Å². The lowest BCUT2D eigenvalue weighted by atomic mass is 10.5. The predicted octanol–water partition coefficient (Wildman–Crippen LogP) is 3.69. The minimum atomic E-state index is 1.01. The van der Waals surface area contributed by atoms with Crippen molar-refractivity contribution in [3.8, 4) is 0 Å². The highest BCUT2D eigenvalue weighted by molar-refractivity contribution is 5.59. The second-order valence-electron chi connectivity index (χ2n) is 4.30. The van der Waals surface area contributed by atoms with E-state index in [0.717, 1.165) is 22.1 Å². The quantitative estimate of drug-likeness (QED) is 0.649. The van der Waals surface area contributed by atoms with Crippen molar-refractivity contribution in [2.75, 3.05) is 0 Å². The van der Waals surface area contributed by atoms with E-state index >= 15 is 0 Å². The standard InChI is InChI=1S/C16H14N4/c1-2-14-6-10-18-12-8-16-4-3-15(20-16)7-11-17-9-5-13(1)19-14/h1-12,19-20H.